The minimum Gasteiger partial charge on any atom is -0.370 e. The third-order valence-corrected chi connectivity index (χ3v) is 3.03. The summed E-state index contributed by atoms with van der Waals surface area (Å²) in [5.74, 6) is -0.346. The Labute approximate surface area is 102 Å². The van der Waals surface area contributed by atoms with Crippen molar-refractivity contribution in [2.24, 2.45) is 17.4 Å². The maximum Gasteiger partial charge on any atom is 0.244 e. The Bertz CT molecular complexity index is 307. The topological polar surface area (TPSA) is 98.2 Å². The molecule has 1 atom stereocenters. The van der Waals surface area contributed by atoms with Crippen LogP contribution < -0.4 is 16.8 Å². The van der Waals surface area contributed by atoms with Crippen LogP contribution in [0.25, 0.3) is 0 Å². The minimum atomic E-state index is -0.325. The smallest absolute Gasteiger partial charge is 0.244 e. The molecule has 1 heterocycles. The third-order valence-electron chi connectivity index (χ3n) is 3.03. The van der Waals surface area contributed by atoms with Gasteiger partial charge < -0.3 is 16.8 Å². The van der Waals surface area contributed by atoms with E-state index >= 15 is 0 Å². The fourth-order valence-corrected chi connectivity index (χ4v) is 2.09. The van der Waals surface area contributed by atoms with E-state index in [1.807, 2.05) is 6.08 Å². The summed E-state index contributed by atoms with van der Waals surface area (Å²) in [5, 5.41) is 3.21. The number of nitrogens with two attached hydrogens (primary N) is 2. The summed E-state index contributed by atoms with van der Waals surface area (Å²) >= 11 is 0. The molecule has 5 nitrogen and oxygen atoms in total. The van der Waals surface area contributed by atoms with E-state index < -0.39 is 0 Å². The summed E-state index contributed by atoms with van der Waals surface area (Å²) in [6.45, 7) is 1.77. The van der Waals surface area contributed by atoms with Crippen LogP contribution >= 0.6 is 0 Å². The normalized spacial score (nSPS) is 20.5. The summed E-state index contributed by atoms with van der Waals surface area (Å²) < 4.78 is 0. The van der Waals surface area contributed by atoms with Crippen molar-refractivity contribution in [1.29, 1.82) is 0 Å². The van der Waals surface area contributed by atoms with Gasteiger partial charge in [-0.2, -0.15) is 0 Å². The van der Waals surface area contributed by atoms with Crippen LogP contribution in [0.5, 0.6) is 0 Å². The highest BCUT2D eigenvalue weighted by molar-refractivity contribution is 5.92. The summed E-state index contributed by atoms with van der Waals surface area (Å²) in [6, 6.07) is 0. The SMILES string of the molecule is NC(=O)CCCC/C=C(/C(N)=O)C1CCNC1. The van der Waals surface area contributed by atoms with E-state index in [0.29, 0.717) is 6.42 Å². The van der Waals surface area contributed by atoms with Gasteiger partial charge in [0.05, 0.1) is 0 Å². The predicted molar refractivity (Wildman–Crippen MR) is 65.9 cm³/mol. The van der Waals surface area contributed by atoms with Crippen LogP contribution in [-0.2, 0) is 9.59 Å². The molecule has 0 aliphatic carbocycles. The van der Waals surface area contributed by atoms with Crippen LogP contribution in [-0.4, -0.2) is 24.9 Å². The standard InChI is InChI=1S/C12H21N3O2/c13-11(16)5-3-1-2-4-10(12(14)17)9-6-7-15-8-9/h4,9,15H,1-3,5-8H2,(H2,13,16)(H2,14,17)/b10-4+. The number of nitrogens with one attached hydrogen (secondary N) is 1. The third kappa shape index (κ3) is 4.99. The van der Waals surface area contributed by atoms with E-state index in [1.165, 1.54) is 0 Å². The molecule has 2 amide bonds. The first kappa shape index (κ1) is 13.7. The summed E-state index contributed by atoms with van der Waals surface area (Å²) in [5.41, 5.74) is 11.1. The summed E-state index contributed by atoms with van der Waals surface area (Å²) in [6.07, 6.45) is 5.70. The first-order valence-corrected chi connectivity index (χ1v) is 6.10. The molecule has 1 saturated heterocycles. The zero-order chi connectivity index (χ0) is 12.7. The van der Waals surface area contributed by atoms with Crippen molar-refractivity contribution in [2.75, 3.05) is 13.1 Å². The molecular weight excluding hydrogens is 218 g/mol. The maximum atomic E-state index is 11.3. The molecule has 1 rings (SSSR count). The Kier molecular flexibility index (Phi) is 5.69. The summed E-state index contributed by atoms with van der Waals surface area (Å²) in [4.78, 5) is 21.8. The van der Waals surface area contributed by atoms with E-state index in [4.69, 9.17) is 11.5 Å². The van der Waals surface area contributed by atoms with E-state index in [9.17, 15) is 9.59 Å². The highest BCUT2D eigenvalue weighted by Crippen LogP contribution is 2.19. The number of carbonyl (C=O) groups is 2. The largest absolute Gasteiger partial charge is 0.370 e. The van der Waals surface area contributed by atoms with Crippen molar-refractivity contribution in [1.82, 2.24) is 5.32 Å². The van der Waals surface area contributed by atoms with E-state index in [-0.39, 0.29) is 17.7 Å². The van der Waals surface area contributed by atoms with Gasteiger partial charge in [0.15, 0.2) is 0 Å². The van der Waals surface area contributed by atoms with Gasteiger partial charge in [-0.05, 0) is 32.2 Å². The molecule has 0 saturated carbocycles. The number of rotatable bonds is 7. The highest BCUT2D eigenvalue weighted by Gasteiger charge is 2.21. The molecule has 5 heteroatoms. The second-order valence-electron chi connectivity index (χ2n) is 4.43. The lowest BCUT2D eigenvalue weighted by Crippen LogP contribution is -2.22. The Morgan fingerprint density at radius 2 is 2.06 bits per heavy atom. The molecule has 1 fully saturated rings. The van der Waals surface area contributed by atoms with E-state index in [0.717, 1.165) is 44.3 Å². The van der Waals surface area contributed by atoms with Gasteiger partial charge >= 0.3 is 0 Å². The lowest BCUT2D eigenvalue weighted by Gasteiger charge is -2.10. The van der Waals surface area contributed by atoms with Gasteiger partial charge in [-0.25, -0.2) is 0 Å². The zero-order valence-electron chi connectivity index (χ0n) is 10.1. The summed E-state index contributed by atoms with van der Waals surface area (Å²) in [7, 11) is 0. The predicted octanol–water partition coefficient (Wildman–Crippen LogP) is 0.0533. The quantitative estimate of drug-likeness (QED) is 0.432. The number of hydrogen-bond donors (Lipinski definition) is 3. The maximum absolute atomic E-state index is 11.3. The monoisotopic (exact) mass is 239 g/mol. The highest BCUT2D eigenvalue weighted by atomic mass is 16.1. The van der Waals surface area contributed by atoms with Crippen molar-refractivity contribution in [3.05, 3.63) is 11.6 Å². The van der Waals surface area contributed by atoms with Gasteiger partial charge in [0.2, 0.25) is 11.8 Å². The molecule has 0 radical (unpaired) electrons. The van der Waals surface area contributed by atoms with Crippen LogP contribution in [0, 0.1) is 5.92 Å². The number of hydrogen-bond acceptors (Lipinski definition) is 3. The van der Waals surface area contributed by atoms with Crippen molar-refractivity contribution in [3.8, 4) is 0 Å². The van der Waals surface area contributed by atoms with Crippen molar-refractivity contribution in [3.63, 3.8) is 0 Å². The molecule has 17 heavy (non-hydrogen) atoms. The second kappa shape index (κ2) is 7.06. The zero-order valence-corrected chi connectivity index (χ0v) is 10.1. The van der Waals surface area contributed by atoms with Gasteiger partial charge in [0.25, 0.3) is 0 Å². The average Bonchev–Trinajstić information content (AvgIpc) is 2.75. The van der Waals surface area contributed by atoms with Crippen LogP contribution in [0.4, 0.5) is 0 Å². The molecule has 1 aliphatic heterocycles. The first-order chi connectivity index (χ1) is 8.11. The molecule has 0 bridgehead atoms. The van der Waals surface area contributed by atoms with Crippen molar-refractivity contribution in [2.45, 2.75) is 32.1 Å². The molecule has 96 valence electrons. The fourth-order valence-electron chi connectivity index (χ4n) is 2.09. The molecule has 0 spiro atoms. The van der Waals surface area contributed by atoms with Gasteiger partial charge in [0.1, 0.15) is 0 Å². The lowest BCUT2D eigenvalue weighted by atomic mass is 9.96. The Morgan fingerprint density at radius 1 is 1.29 bits per heavy atom. The number of allylic oxidation sites excluding steroid dienone is 1. The van der Waals surface area contributed by atoms with Crippen molar-refractivity contribution < 1.29 is 9.59 Å². The van der Waals surface area contributed by atoms with Crippen LogP contribution in [0.1, 0.15) is 32.1 Å². The number of unbranched alkanes of at least 4 members (excludes halogenated alkanes) is 2. The van der Waals surface area contributed by atoms with Gasteiger partial charge in [-0.1, -0.05) is 6.08 Å². The fraction of sp³-hybridized carbons (Fsp3) is 0.667. The number of carbonyl (C=O) groups excluding carboxylic acids is 2. The number of primary amides is 2. The molecule has 0 aromatic rings. The van der Waals surface area contributed by atoms with Crippen LogP contribution in [0.2, 0.25) is 0 Å². The molecule has 1 unspecified atom stereocenters. The Morgan fingerprint density at radius 3 is 2.59 bits per heavy atom. The Balaban J connectivity index is 2.36. The molecule has 1 aliphatic rings. The van der Waals surface area contributed by atoms with Crippen molar-refractivity contribution >= 4 is 11.8 Å². The molecule has 0 aromatic heterocycles. The first-order valence-electron chi connectivity index (χ1n) is 6.10. The lowest BCUT2D eigenvalue weighted by molar-refractivity contribution is -0.118. The minimum absolute atomic E-state index is 0.253. The van der Waals surface area contributed by atoms with Crippen LogP contribution in [0.3, 0.4) is 0 Å². The molecular formula is C12H21N3O2. The van der Waals surface area contributed by atoms with E-state index in [1.54, 1.807) is 0 Å². The van der Waals surface area contributed by atoms with Gasteiger partial charge in [0, 0.05) is 24.5 Å². The van der Waals surface area contributed by atoms with E-state index in [2.05, 4.69) is 5.32 Å². The average molecular weight is 239 g/mol. The van der Waals surface area contributed by atoms with Gasteiger partial charge in [-0.3, -0.25) is 9.59 Å². The molecule has 0 aromatic carbocycles. The van der Waals surface area contributed by atoms with Gasteiger partial charge in [-0.15, -0.1) is 0 Å². The number of amides is 2. The molecule has 5 N–H and O–H groups in total. The Hall–Kier alpha value is -1.36. The second-order valence-corrected chi connectivity index (χ2v) is 4.43. The van der Waals surface area contributed by atoms with Crippen LogP contribution in [0.15, 0.2) is 11.6 Å².